The van der Waals surface area contributed by atoms with Crippen molar-refractivity contribution >= 4 is 11.6 Å². The molecule has 0 bridgehead atoms. The number of hydrogen-bond donors (Lipinski definition) is 1. The van der Waals surface area contributed by atoms with E-state index in [2.05, 4.69) is 4.98 Å². The second kappa shape index (κ2) is 8.09. The molecule has 4 rings (SSSR count). The van der Waals surface area contributed by atoms with Crippen LogP contribution in [0.1, 0.15) is 42.5 Å². The molecule has 2 heterocycles. The average molecular weight is 365 g/mol. The molecule has 0 spiro atoms. The number of benzene rings is 1. The Balaban J connectivity index is 1.50. The molecular formula is C22H27N3O2. The fourth-order valence-corrected chi connectivity index (χ4v) is 3.88. The van der Waals surface area contributed by atoms with Crippen LogP contribution in [0, 0.1) is 5.92 Å². The van der Waals surface area contributed by atoms with Crippen molar-refractivity contribution in [2.75, 3.05) is 25.4 Å². The van der Waals surface area contributed by atoms with E-state index in [1.807, 2.05) is 29.2 Å². The molecule has 0 radical (unpaired) electrons. The third-order valence-corrected chi connectivity index (χ3v) is 5.74. The Bertz CT molecular complexity index is 780. The first kappa shape index (κ1) is 18.0. The molecule has 1 amide bonds. The number of rotatable bonds is 6. The number of carbonyl (C=O) groups is 1. The van der Waals surface area contributed by atoms with Crippen molar-refractivity contribution < 1.29 is 9.53 Å². The fraction of sp³-hybridized carbons (Fsp3) is 0.455. The van der Waals surface area contributed by atoms with Crippen molar-refractivity contribution in [1.82, 2.24) is 9.88 Å². The van der Waals surface area contributed by atoms with E-state index in [9.17, 15) is 4.79 Å². The highest BCUT2D eigenvalue weighted by Gasteiger charge is 2.28. The number of aromatic nitrogens is 1. The van der Waals surface area contributed by atoms with Crippen LogP contribution < -0.4 is 5.73 Å². The Morgan fingerprint density at radius 2 is 1.93 bits per heavy atom. The number of carbonyl (C=O) groups excluding carboxylic acids is 1. The zero-order valence-corrected chi connectivity index (χ0v) is 15.6. The largest absolute Gasteiger partial charge is 0.398 e. The van der Waals surface area contributed by atoms with Crippen LogP contribution in [0.4, 0.5) is 5.69 Å². The van der Waals surface area contributed by atoms with Gasteiger partial charge in [-0.3, -0.25) is 9.78 Å². The fourth-order valence-electron chi connectivity index (χ4n) is 3.88. The van der Waals surface area contributed by atoms with Gasteiger partial charge >= 0.3 is 0 Å². The minimum Gasteiger partial charge on any atom is -0.398 e. The SMILES string of the molecule is Nc1ccncc1-c1ccc(C(=O)N(CC2CCC2)C[C@H]2CCCO2)cc1. The zero-order valence-electron chi connectivity index (χ0n) is 15.6. The third-order valence-electron chi connectivity index (χ3n) is 5.74. The van der Waals surface area contributed by atoms with E-state index in [0.29, 0.717) is 18.2 Å². The molecular weight excluding hydrogens is 338 g/mol. The summed E-state index contributed by atoms with van der Waals surface area (Å²) in [7, 11) is 0. The molecule has 2 aliphatic rings. The highest BCUT2D eigenvalue weighted by molar-refractivity contribution is 5.95. The van der Waals surface area contributed by atoms with E-state index in [-0.39, 0.29) is 12.0 Å². The van der Waals surface area contributed by atoms with Crippen LogP contribution in [-0.2, 0) is 4.74 Å². The summed E-state index contributed by atoms with van der Waals surface area (Å²) >= 11 is 0. The summed E-state index contributed by atoms with van der Waals surface area (Å²) in [5, 5.41) is 0. The first-order valence-corrected chi connectivity index (χ1v) is 9.91. The number of hydrogen-bond acceptors (Lipinski definition) is 4. The van der Waals surface area contributed by atoms with Gasteiger partial charge < -0.3 is 15.4 Å². The first-order chi connectivity index (χ1) is 13.2. The zero-order chi connectivity index (χ0) is 18.6. The van der Waals surface area contributed by atoms with Crippen molar-refractivity contribution in [1.29, 1.82) is 0 Å². The normalized spacial score (nSPS) is 19.6. The van der Waals surface area contributed by atoms with E-state index in [1.165, 1.54) is 19.3 Å². The molecule has 1 aliphatic carbocycles. The van der Waals surface area contributed by atoms with E-state index in [0.717, 1.165) is 42.7 Å². The number of nitrogens with two attached hydrogens (primary N) is 1. The lowest BCUT2D eigenvalue weighted by atomic mass is 9.85. The van der Waals surface area contributed by atoms with Gasteiger partial charge in [-0.25, -0.2) is 0 Å². The number of ether oxygens (including phenoxy) is 1. The first-order valence-electron chi connectivity index (χ1n) is 9.91. The summed E-state index contributed by atoms with van der Waals surface area (Å²) < 4.78 is 5.78. The van der Waals surface area contributed by atoms with Crippen LogP contribution >= 0.6 is 0 Å². The predicted octanol–water partition coefficient (Wildman–Crippen LogP) is 3.75. The lowest BCUT2D eigenvalue weighted by molar-refractivity contribution is 0.0448. The van der Waals surface area contributed by atoms with Gasteiger partial charge in [0, 0.05) is 48.9 Å². The maximum Gasteiger partial charge on any atom is 0.253 e. The van der Waals surface area contributed by atoms with Gasteiger partial charge in [0.15, 0.2) is 0 Å². The Kier molecular flexibility index (Phi) is 5.39. The van der Waals surface area contributed by atoms with Crippen LogP contribution in [0.2, 0.25) is 0 Å². The van der Waals surface area contributed by atoms with Gasteiger partial charge in [-0.1, -0.05) is 18.6 Å². The number of nitrogens with zero attached hydrogens (tertiary/aromatic N) is 2. The molecule has 142 valence electrons. The van der Waals surface area contributed by atoms with Crippen LogP contribution in [0.15, 0.2) is 42.7 Å². The molecule has 1 aromatic heterocycles. The smallest absolute Gasteiger partial charge is 0.253 e. The molecule has 1 atom stereocenters. The molecule has 1 aliphatic heterocycles. The topological polar surface area (TPSA) is 68.5 Å². The molecule has 1 saturated heterocycles. The van der Waals surface area contributed by atoms with E-state index < -0.39 is 0 Å². The standard InChI is InChI=1S/C22H27N3O2/c23-21-10-11-24-13-20(21)17-6-8-18(9-7-17)22(26)25(14-16-3-1-4-16)15-19-5-2-12-27-19/h6-11,13,16,19H,1-5,12,14-15H2,(H2,23,24)/t19-/m1/s1. The maximum absolute atomic E-state index is 13.2. The highest BCUT2D eigenvalue weighted by atomic mass is 16.5. The Morgan fingerprint density at radius 1 is 1.11 bits per heavy atom. The summed E-state index contributed by atoms with van der Waals surface area (Å²) in [5.41, 5.74) is 9.31. The van der Waals surface area contributed by atoms with Gasteiger partial charge in [0.2, 0.25) is 0 Å². The number of nitrogen functional groups attached to an aromatic ring is 1. The molecule has 0 unspecified atom stereocenters. The van der Waals surface area contributed by atoms with Gasteiger partial charge in [-0.2, -0.15) is 0 Å². The molecule has 5 nitrogen and oxygen atoms in total. The van der Waals surface area contributed by atoms with Crippen LogP contribution in [0.3, 0.4) is 0 Å². The number of pyridine rings is 1. The molecule has 5 heteroatoms. The Labute approximate surface area is 160 Å². The van der Waals surface area contributed by atoms with Crippen molar-refractivity contribution in [3.63, 3.8) is 0 Å². The van der Waals surface area contributed by atoms with Crippen molar-refractivity contribution in [3.05, 3.63) is 48.3 Å². The second-order valence-corrected chi connectivity index (χ2v) is 7.68. The van der Waals surface area contributed by atoms with Gasteiger partial charge in [0.25, 0.3) is 5.91 Å². The van der Waals surface area contributed by atoms with E-state index in [1.54, 1.807) is 18.5 Å². The van der Waals surface area contributed by atoms with E-state index in [4.69, 9.17) is 10.5 Å². The summed E-state index contributed by atoms with van der Waals surface area (Å²) in [6, 6.07) is 9.49. The second-order valence-electron chi connectivity index (χ2n) is 7.68. The summed E-state index contributed by atoms with van der Waals surface area (Å²) in [5.74, 6) is 0.743. The number of anilines is 1. The molecule has 2 fully saturated rings. The quantitative estimate of drug-likeness (QED) is 0.846. The minimum atomic E-state index is 0.100. The molecule has 27 heavy (non-hydrogen) atoms. The summed E-state index contributed by atoms with van der Waals surface area (Å²) in [6.07, 6.45) is 9.51. The molecule has 1 saturated carbocycles. The minimum absolute atomic E-state index is 0.100. The monoisotopic (exact) mass is 365 g/mol. The van der Waals surface area contributed by atoms with Gasteiger partial charge in [-0.15, -0.1) is 0 Å². The number of amides is 1. The average Bonchev–Trinajstić information content (AvgIpc) is 3.17. The predicted molar refractivity (Wildman–Crippen MR) is 106 cm³/mol. The van der Waals surface area contributed by atoms with E-state index >= 15 is 0 Å². The van der Waals surface area contributed by atoms with Gasteiger partial charge in [0.05, 0.1) is 6.10 Å². The van der Waals surface area contributed by atoms with Crippen LogP contribution in [0.25, 0.3) is 11.1 Å². The Hall–Kier alpha value is -2.40. The van der Waals surface area contributed by atoms with Gasteiger partial charge in [-0.05, 0) is 55.4 Å². The summed E-state index contributed by atoms with van der Waals surface area (Å²) in [6.45, 7) is 2.36. The highest BCUT2D eigenvalue weighted by Crippen LogP contribution is 2.29. The van der Waals surface area contributed by atoms with Crippen molar-refractivity contribution in [2.24, 2.45) is 5.92 Å². The summed E-state index contributed by atoms with van der Waals surface area (Å²) in [4.78, 5) is 19.3. The Morgan fingerprint density at radius 3 is 2.56 bits per heavy atom. The van der Waals surface area contributed by atoms with Gasteiger partial charge in [0.1, 0.15) is 0 Å². The molecule has 2 N–H and O–H groups in total. The lowest BCUT2D eigenvalue weighted by Crippen LogP contribution is -2.41. The van der Waals surface area contributed by atoms with Crippen LogP contribution in [-0.4, -0.2) is 41.6 Å². The lowest BCUT2D eigenvalue weighted by Gasteiger charge is -2.33. The van der Waals surface area contributed by atoms with Crippen LogP contribution in [0.5, 0.6) is 0 Å². The van der Waals surface area contributed by atoms with Crippen molar-refractivity contribution in [3.8, 4) is 11.1 Å². The van der Waals surface area contributed by atoms with Crippen molar-refractivity contribution in [2.45, 2.75) is 38.2 Å². The molecule has 2 aromatic rings. The third kappa shape index (κ3) is 4.14. The molecule has 1 aromatic carbocycles. The maximum atomic E-state index is 13.2.